The SMILES string of the molecule is COC(=O)C1(C(=O)OC)CC1c1c(-c2cccnc2)n[nH]c1-c1ccccc1. The zero-order valence-electron chi connectivity index (χ0n) is 15.5. The lowest BCUT2D eigenvalue weighted by molar-refractivity contribution is -0.161. The fourth-order valence-electron chi connectivity index (χ4n) is 3.75. The smallest absolute Gasteiger partial charge is 0.323 e. The van der Waals surface area contributed by atoms with Crippen molar-refractivity contribution in [2.24, 2.45) is 5.41 Å². The third-order valence-corrected chi connectivity index (χ3v) is 5.21. The Balaban J connectivity index is 1.89. The molecule has 1 saturated carbocycles. The molecule has 1 atom stereocenters. The van der Waals surface area contributed by atoms with Crippen molar-refractivity contribution in [3.63, 3.8) is 0 Å². The summed E-state index contributed by atoms with van der Waals surface area (Å²) < 4.78 is 9.87. The Morgan fingerprint density at radius 1 is 1.04 bits per heavy atom. The number of benzene rings is 1. The normalized spacial score (nSPS) is 17.0. The number of aromatic nitrogens is 3. The molecule has 1 aromatic carbocycles. The average molecular weight is 377 g/mol. The lowest BCUT2D eigenvalue weighted by Gasteiger charge is -2.14. The van der Waals surface area contributed by atoms with Crippen molar-refractivity contribution < 1.29 is 19.1 Å². The lowest BCUT2D eigenvalue weighted by Crippen LogP contribution is -2.30. The van der Waals surface area contributed by atoms with Gasteiger partial charge < -0.3 is 9.47 Å². The number of carbonyl (C=O) groups excluding carboxylic acids is 2. The Morgan fingerprint density at radius 3 is 2.32 bits per heavy atom. The lowest BCUT2D eigenvalue weighted by atomic mass is 9.93. The molecule has 3 aromatic rings. The molecule has 2 heterocycles. The van der Waals surface area contributed by atoms with Crippen LogP contribution in [-0.2, 0) is 19.1 Å². The highest BCUT2D eigenvalue weighted by Crippen LogP contribution is 2.63. The monoisotopic (exact) mass is 377 g/mol. The van der Waals surface area contributed by atoms with Crippen LogP contribution in [-0.4, -0.2) is 41.3 Å². The molecule has 2 aromatic heterocycles. The minimum Gasteiger partial charge on any atom is -0.468 e. The summed E-state index contributed by atoms with van der Waals surface area (Å²) in [5, 5.41) is 7.57. The van der Waals surface area contributed by atoms with Crippen LogP contribution in [0.5, 0.6) is 0 Å². The van der Waals surface area contributed by atoms with Crippen molar-refractivity contribution in [3.8, 4) is 22.5 Å². The summed E-state index contributed by atoms with van der Waals surface area (Å²) in [6.45, 7) is 0. The summed E-state index contributed by atoms with van der Waals surface area (Å²) >= 11 is 0. The van der Waals surface area contributed by atoms with E-state index in [2.05, 4.69) is 15.2 Å². The van der Waals surface area contributed by atoms with E-state index in [4.69, 9.17) is 9.47 Å². The number of aromatic amines is 1. The molecule has 4 rings (SSSR count). The standard InChI is InChI=1S/C21H19N3O4/c1-27-19(25)21(20(26)28-2)11-15(21)16-17(13-7-4-3-5-8-13)23-24-18(16)14-9-6-10-22-12-14/h3-10,12,15H,11H2,1-2H3,(H,23,24). The summed E-state index contributed by atoms with van der Waals surface area (Å²) in [4.78, 5) is 29.2. The number of esters is 2. The summed E-state index contributed by atoms with van der Waals surface area (Å²) in [7, 11) is 2.55. The summed E-state index contributed by atoms with van der Waals surface area (Å²) in [6.07, 6.45) is 3.69. The molecule has 1 aliphatic carbocycles. The third kappa shape index (κ3) is 2.67. The number of methoxy groups -OCH3 is 2. The van der Waals surface area contributed by atoms with Crippen LogP contribution in [0, 0.1) is 5.41 Å². The Morgan fingerprint density at radius 2 is 1.71 bits per heavy atom. The van der Waals surface area contributed by atoms with Crippen molar-refractivity contribution in [2.45, 2.75) is 12.3 Å². The van der Waals surface area contributed by atoms with Gasteiger partial charge in [0.15, 0.2) is 5.41 Å². The molecule has 1 N–H and O–H groups in total. The van der Waals surface area contributed by atoms with Gasteiger partial charge in [-0.25, -0.2) is 0 Å². The first-order valence-electron chi connectivity index (χ1n) is 8.84. The van der Waals surface area contributed by atoms with E-state index >= 15 is 0 Å². The zero-order valence-corrected chi connectivity index (χ0v) is 15.5. The van der Waals surface area contributed by atoms with Crippen LogP contribution in [0.1, 0.15) is 17.9 Å². The predicted octanol–water partition coefficient (Wildman–Crippen LogP) is 2.96. The number of carbonyl (C=O) groups is 2. The van der Waals surface area contributed by atoms with Gasteiger partial charge in [-0.1, -0.05) is 30.3 Å². The molecule has 0 bridgehead atoms. The van der Waals surface area contributed by atoms with E-state index in [-0.39, 0.29) is 0 Å². The minimum absolute atomic E-state index is 0.305. The highest BCUT2D eigenvalue weighted by atomic mass is 16.5. The van der Waals surface area contributed by atoms with Gasteiger partial charge in [-0.15, -0.1) is 0 Å². The Kier molecular flexibility index (Phi) is 4.43. The van der Waals surface area contributed by atoms with E-state index < -0.39 is 23.3 Å². The second-order valence-corrected chi connectivity index (χ2v) is 6.68. The van der Waals surface area contributed by atoms with E-state index in [0.717, 1.165) is 22.4 Å². The Bertz CT molecular complexity index is 942. The molecule has 1 unspecified atom stereocenters. The largest absolute Gasteiger partial charge is 0.468 e. The van der Waals surface area contributed by atoms with Gasteiger partial charge >= 0.3 is 11.9 Å². The Labute approximate surface area is 161 Å². The summed E-state index contributed by atoms with van der Waals surface area (Å²) in [6, 6.07) is 13.4. The highest BCUT2D eigenvalue weighted by molar-refractivity contribution is 6.06. The number of hydrogen-bond donors (Lipinski definition) is 1. The number of pyridine rings is 1. The van der Waals surface area contributed by atoms with E-state index in [1.807, 2.05) is 42.5 Å². The molecule has 142 valence electrons. The van der Waals surface area contributed by atoms with Gasteiger partial charge in [-0.05, 0) is 24.1 Å². The average Bonchev–Trinajstić information content (AvgIpc) is 3.36. The molecular formula is C21H19N3O4. The van der Waals surface area contributed by atoms with Gasteiger partial charge in [0.25, 0.3) is 0 Å². The van der Waals surface area contributed by atoms with Gasteiger partial charge in [0.1, 0.15) is 0 Å². The number of nitrogens with one attached hydrogen (secondary N) is 1. The maximum absolute atomic E-state index is 12.5. The molecule has 0 aliphatic heterocycles. The molecule has 0 radical (unpaired) electrons. The van der Waals surface area contributed by atoms with Crippen LogP contribution >= 0.6 is 0 Å². The molecule has 1 fully saturated rings. The van der Waals surface area contributed by atoms with Crippen molar-refractivity contribution in [1.82, 2.24) is 15.2 Å². The van der Waals surface area contributed by atoms with Crippen molar-refractivity contribution in [2.75, 3.05) is 14.2 Å². The summed E-state index contributed by atoms with van der Waals surface area (Å²) in [5.41, 5.74) is 2.57. The van der Waals surface area contributed by atoms with Crippen LogP contribution in [0.4, 0.5) is 0 Å². The van der Waals surface area contributed by atoms with Crippen LogP contribution in [0.15, 0.2) is 54.9 Å². The van der Waals surface area contributed by atoms with Gasteiger partial charge in [0, 0.05) is 29.4 Å². The van der Waals surface area contributed by atoms with E-state index in [0.29, 0.717) is 12.1 Å². The quantitative estimate of drug-likeness (QED) is 0.543. The second-order valence-electron chi connectivity index (χ2n) is 6.68. The van der Waals surface area contributed by atoms with Crippen molar-refractivity contribution in [3.05, 3.63) is 60.4 Å². The highest BCUT2D eigenvalue weighted by Gasteiger charge is 2.69. The van der Waals surface area contributed by atoms with Crippen LogP contribution in [0.25, 0.3) is 22.5 Å². The van der Waals surface area contributed by atoms with Crippen LogP contribution in [0.2, 0.25) is 0 Å². The topological polar surface area (TPSA) is 94.2 Å². The first-order valence-corrected chi connectivity index (χ1v) is 8.84. The van der Waals surface area contributed by atoms with Gasteiger partial charge in [-0.2, -0.15) is 5.10 Å². The molecule has 28 heavy (non-hydrogen) atoms. The zero-order chi connectivity index (χ0) is 19.7. The maximum Gasteiger partial charge on any atom is 0.323 e. The van der Waals surface area contributed by atoms with Crippen molar-refractivity contribution >= 4 is 11.9 Å². The van der Waals surface area contributed by atoms with Gasteiger partial charge in [0.2, 0.25) is 0 Å². The molecule has 0 amide bonds. The molecule has 0 saturated heterocycles. The van der Waals surface area contributed by atoms with Gasteiger partial charge in [-0.3, -0.25) is 19.7 Å². The molecule has 1 aliphatic rings. The van der Waals surface area contributed by atoms with Crippen molar-refractivity contribution in [1.29, 1.82) is 0 Å². The number of nitrogens with zero attached hydrogens (tertiary/aromatic N) is 2. The maximum atomic E-state index is 12.5. The summed E-state index contributed by atoms with van der Waals surface area (Å²) in [5.74, 6) is -1.60. The molecule has 7 nitrogen and oxygen atoms in total. The fraction of sp³-hybridized carbons (Fsp3) is 0.238. The van der Waals surface area contributed by atoms with E-state index in [1.54, 1.807) is 12.4 Å². The number of ether oxygens (including phenoxy) is 2. The molecular weight excluding hydrogens is 358 g/mol. The number of H-pyrrole nitrogens is 1. The third-order valence-electron chi connectivity index (χ3n) is 5.21. The predicted molar refractivity (Wildman–Crippen MR) is 101 cm³/mol. The number of hydrogen-bond acceptors (Lipinski definition) is 6. The minimum atomic E-state index is -1.35. The molecule has 0 spiro atoms. The first kappa shape index (κ1) is 17.9. The Hall–Kier alpha value is -3.48. The van der Waals surface area contributed by atoms with E-state index in [9.17, 15) is 9.59 Å². The second kappa shape index (κ2) is 6.92. The number of rotatable bonds is 5. The first-order chi connectivity index (χ1) is 13.6. The van der Waals surface area contributed by atoms with E-state index in [1.165, 1.54) is 14.2 Å². The van der Waals surface area contributed by atoms with Crippen LogP contribution in [0.3, 0.4) is 0 Å². The van der Waals surface area contributed by atoms with Crippen LogP contribution < -0.4 is 0 Å². The fourth-order valence-corrected chi connectivity index (χ4v) is 3.75. The molecule has 7 heteroatoms. The van der Waals surface area contributed by atoms with Gasteiger partial charge in [0.05, 0.1) is 25.6 Å².